The van der Waals surface area contributed by atoms with Crippen molar-refractivity contribution in [1.29, 1.82) is 0 Å². The number of amidine groups is 1. The standard InChI is InChI=1S/C11H16BrN3O/c1-8(11(13)15-16)6-14-7-9-4-2-3-5-10(9)12/h2-5,8,14,16H,6-7H2,1H3,(H2,13,15). The second-order valence-electron chi connectivity index (χ2n) is 3.65. The van der Waals surface area contributed by atoms with Gasteiger partial charge in [-0.15, -0.1) is 0 Å². The number of nitrogens with two attached hydrogens (primary N) is 1. The van der Waals surface area contributed by atoms with Crippen molar-refractivity contribution in [3.63, 3.8) is 0 Å². The van der Waals surface area contributed by atoms with E-state index in [2.05, 4.69) is 26.4 Å². The van der Waals surface area contributed by atoms with Crippen LogP contribution in [0.1, 0.15) is 12.5 Å². The van der Waals surface area contributed by atoms with Crippen LogP contribution in [0.4, 0.5) is 0 Å². The van der Waals surface area contributed by atoms with Crippen LogP contribution in [0.25, 0.3) is 0 Å². The molecule has 0 bridgehead atoms. The summed E-state index contributed by atoms with van der Waals surface area (Å²) in [6, 6.07) is 8.02. The summed E-state index contributed by atoms with van der Waals surface area (Å²) in [4.78, 5) is 0. The van der Waals surface area contributed by atoms with Crippen molar-refractivity contribution in [3.05, 3.63) is 34.3 Å². The lowest BCUT2D eigenvalue weighted by molar-refractivity contribution is 0.314. The first kappa shape index (κ1) is 13.0. The molecule has 0 heterocycles. The Labute approximate surface area is 104 Å². The largest absolute Gasteiger partial charge is 0.409 e. The van der Waals surface area contributed by atoms with Crippen molar-refractivity contribution in [2.45, 2.75) is 13.5 Å². The molecule has 0 aliphatic rings. The molecule has 0 aliphatic carbocycles. The van der Waals surface area contributed by atoms with Crippen LogP contribution in [0.2, 0.25) is 0 Å². The number of rotatable bonds is 5. The Balaban J connectivity index is 2.39. The third-order valence-electron chi connectivity index (χ3n) is 2.34. The Kier molecular flexibility index (Phi) is 5.28. The van der Waals surface area contributed by atoms with Crippen LogP contribution in [0.5, 0.6) is 0 Å². The summed E-state index contributed by atoms with van der Waals surface area (Å²) in [7, 11) is 0. The molecule has 1 rings (SSSR count). The van der Waals surface area contributed by atoms with E-state index in [-0.39, 0.29) is 11.8 Å². The highest BCUT2D eigenvalue weighted by Crippen LogP contribution is 2.15. The smallest absolute Gasteiger partial charge is 0.143 e. The first-order valence-electron chi connectivity index (χ1n) is 5.06. The first-order valence-corrected chi connectivity index (χ1v) is 5.86. The molecule has 5 heteroatoms. The van der Waals surface area contributed by atoms with Gasteiger partial charge in [0.1, 0.15) is 5.84 Å². The number of hydrogen-bond acceptors (Lipinski definition) is 3. The van der Waals surface area contributed by atoms with E-state index < -0.39 is 0 Å². The lowest BCUT2D eigenvalue weighted by atomic mass is 10.1. The van der Waals surface area contributed by atoms with Crippen molar-refractivity contribution in [3.8, 4) is 0 Å². The lowest BCUT2D eigenvalue weighted by Crippen LogP contribution is -2.31. The summed E-state index contributed by atoms with van der Waals surface area (Å²) in [6.45, 7) is 3.34. The molecular formula is C11H16BrN3O. The molecule has 1 atom stereocenters. The second kappa shape index (κ2) is 6.50. The van der Waals surface area contributed by atoms with E-state index in [1.54, 1.807) is 0 Å². The molecule has 4 N–H and O–H groups in total. The van der Waals surface area contributed by atoms with E-state index in [1.807, 2.05) is 31.2 Å². The number of nitrogens with one attached hydrogen (secondary N) is 1. The Hall–Kier alpha value is -1.07. The highest BCUT2D eigenvalue weighted by atomic mass is 79.9. The van der Waals surface area contributed by atoms with Gasteiger partial charge in [0.15, 0.2) is 0 Å². The summed E-state index contributed by atoms with van der Waals surface area (Å²) < 4.78 is 1.08. The second-order valence-corrected chi connectivity index (χ2v) is 4.50. The topological polar surface area (TPSA) is 70.6 Å². The third kappa shape index (κ3) is 3.83. The fraction of sp³-hybridized carbons (Fsp3) is 0.364. The van der Waals surface area contributed by atoms with Gasteiger partial charge in [-0.05, 0) is 11.6 Å². The zero-order valence-electron chi connectivity index (χ0n) is 9.15. The van der Waals surface area contributed by atoms with Crippen LogP contribution in [-0.2, 0) is 6.54 Å². The molecule has 1 aromatic rings. The van der Waals surface area contributed by atoms with Crippen molar-refractivity contribution in [2.75, 3.05) is 6.54 Å². The molecule has 0 amide bonds. The van der Waals surface area contributed by atoms with Gasteiger partial charge in [0.25, 0.3) is 0 Å². The summed E-state index contributed by atoms with van der Waals surface area (Å²) in [5.41, 5.74) is 6.67. The zero-order chi connectivity index (χ0) is 12.0. The quantitative estimate of drug-likeness (QED) is 0.335. The number of nitrogens with zero attached hydrogens (tertiary/aromatic N) is 1. The predicted molar refractivity (Wildman–Crippen MR) is 68.4 cm³/mol. The molecule has 88 valence electrons. The Morgan fingerprint density at radius 3 is 2.88 bits per heavy atom. The molecule has 1 aromatic carbocycles. The Morgan fingerprint density at radius 1 is 1.56 bits per heavy atom. The molecule has 4 nitrogen and oxygen atoms in total. The average molecular weight is 286 g/mol. The SMILES string of the molecule is CC(CNCc1ccccc1Br)C(N)=NO. The van der Waals surface area contributed by atoms with Gasteiger partial charge in [0.05, 0.1) is 0 Å². The molecular weight excluding hydrogens is 270 g/mol. The minimum absolute atomic E-state index is 0.0208. The number of hydrogen-bond donors (Lipinski definition) is 3. The average Bonchev–Trinajstić information content (AvgIpc) is 2.30. The number of oxime groups is 1. The molecule has 0 saturated carbocycles. The number of benzene rings is 1. The summed E-state index contributed by atoms with van der Waals surface area (Å²) in [6.07, 6.45) is 0. The minimum Gasteiger partial charge on any atom is -0.409 e. The van der Waals surface area contributed by atoms with Crippen LogP contribution in [0, 0.1) is 5.92 Å². The molecule has 0 radical (unpaired) electrons. The van der Waals surface area contributed by atoms with Crippen molar-refractivity contribution in [1.82, 2.24) is 5.32 Å². The summed E-state index contributed by atoms with van der Waals surface area (Å²) in [5.74, 6) is 0.270. The lowest BCUT2D eigenvalue weighted by Gasteiger charge is -2.11. The van der Waals surface area contributed by atoms with E-state index in [9.17, 15) is 0 Å². The fourth-order valence-corrected chi connectivity index (χ4v) is 1.69. The van der Waals surface area contributed by atoms with Gasteiger partial charge in [-0.2, -0.15) is 0 Å². The van der Waals surface area contributed by atoms with E-state index in [0.29, 0.717) is 6.54 Å². The maximum atomic E-state index is 8.49. The fourth-order valence-electron chi connectivity index (χ4n) is 1.27. The third-order valence-corrected chi connectivity index (χ3v) is 3.12. The molecule has 0 spiro atoms. The summed E-state index contributed by atoms with van der Waals surface area (Å²) >= 11 is 3.48. The highest BCUT2D eigenvalue weighted by molar-refractivity contribution is 9.10. The maximum absolute atomic E-state index is 8.49. The van der Waals surface area contributed by atoms with Gasteiger partial charge in [0.2, 0.25) is 0 Å². The monoisotopic (exact) mass is 285 g/mol. The van der Waals surface area contributed by atoms with Crippen LogP contribution in [0.3, 0.4) is 0 Å². The maximum Gasteiger partial charge on any atom is 0.143 e. The van der Waals surface area contributed by atoms with Gasteiger partial charge in [0, 0.05) is 23.5 Å². The van der Waals surface area contributed by atoms with Crippen molar-refractivity contribution in [2.24, 2.45) is 16.8 Å². The predicted octanol–water partition coefficient (Wildman–Crippen LogP) is 1.92. The summed E-state index contributed by atoms with van der Waals surface area (Å²) in [5, 5.41) is 14.7. The van der Waals surface area contributed by atoms with Gasteiger partial charge in [-0.25, -0.2) is 0 Å². The van der Waals surface area contributed by atoms with Gasteiger partial charge in [-0.1, -0.05) is 46.2 Å². The van der Waals surface area contributed by atoms with E-state index in [1.165, 1.54) is 5.56 Å². The zero-order valence-corrected chi connectivity index (χ0v) is 10.7. The van der Waals surface area contributed by atoms with Crippen LogP contribution >= 0.6 is 15.9 Å². The molecule has 1 unspecified atom stereocenters. The van der Waals surface area contributed by atoms with E-state index in [4.69, 9.17) is 10.9 Å². The Morgan fingerprint density at radius 2 is 2.25 bits per heavy atom. The molecule has 0 aromatic heterocycles. The van der Waals surface area contributed by atoms with Gasteiger partial charge < -0.3 is 16.3 Å². The van der Waals surface area contributed by atoms with Crippen LogP contribution in [-0.4, -0.2) is 17.6 Å². The molecule has 0 aliphatic heterocycles. The van der Waals surface area contributed by atoms with Gasteiger partial charge in [-0.3, -0.25) is 0 Å². The number of halogens is 1. The van der Waals surface area contributed by atoms with Gasteiger partial charge >= 0.3 is 0 Å². The van der Waals surface area contributed by atoms with Crippen LogP contribution in [0.15, 0.2) is 33.9 Å². The van der Waals surface area contributed by atoms with Crippen LogP contribution < -0.4 is 11.1 Å². The van der Waals surface area contributed by atoms with E-state index >= 15 is 0 Å². The minimum atomic E-state index is 0.0208. The molecule has 16 heavy (non-hydrogen) atoms. The van der Waals surface area contributed by atoms with Crippen molar-refractivity contribution >= 4 is 21.8 Å². The molecule has 0 saturated heterocycles. The highest BCUT2D eigenvalue weighted by Gasteiger charge is 2.06. The molecule has 0 fully saturated rings. The Bertz CT molecular complexity index is 368. The normalized spacial score (nSPS) is 13.8. The van der Waals surface area contributed by atoms with Crippen molar-refractivity contribution < 1.29 is 5.21 Å². The first-order chi connectivity index (χ1) is 7.65. The van der Waals surface area contributed by atoms with E-state index in [0.717, 1.165) is 11.0 Å².